The number of rotatable bonds is 3. The minimum absolute atomic E-state index is 0.412. The van der Waals surface area contributed by atoms with Crippen molar-refractivity contribution in [1.29, 1.82) is 0 Å². The number of hydrogen-bond acceptors (Lipinski definition) is 4. The Morgan fingerprint density at radius 1 is 1.19 bits per heavy atom. The van der Waals surface area contributed by atoms with Crippen molar-refractivity contribution in [3.8, 4) is 0 Å². The molecule has 0 saturated carbocycles. The summed E-state index contributed by atoms with van der Waals surface area (Å²) in [5.74, 6) is 0.820. The van der Waals surface area contributed by atoms with E-state index in [0.717, 1.165) is 69.2 Å². The van der Waals surface area contributed by atoms with Crippen LogP contribution < -0.4 is 5.32 Å². The quantitative estimate of drug-likeness (QED) is 0.901. The van der Waals surface area contributed by atoms with Gasteiger partial charge in [-0.2, -0.15) is 13.2 Å². The fraction of sp³-hybridized carbons (Fsp3) is 0.611. The lowest BCUT2D eigenvalue weighted by molar-refractivity contribution is -0.137. The number of likely N-dealkylation sites (tertiary alicyclic amines) is 1. The van der Waals surface area contributed by atoms with E-state index in [0.29, 0.717) is 18.1 Å². The summed E-state index contributed by atoms with van der Waals surface area (Å²) < 4.78 is 40.7. The minimum atomic E-state index is -4.34. The molecular formula is C18H24F3N5. The number of fused-ring (bicyclic) bond motifs is 1. The molecule has 8 heteroatoms. The van der Waals surface area contributed by atoms with Crippen LogP contribution in [0.3, 0.4) is 0 Å². The zero-order valence-electron chi connectivity index (χ0n) is 14.9. The van der Waals surface area contributed by atoms with Crippen LogP contribution in [0, 0.1) is 0 Å². The van der Waals surface area contributed by atoms with Crippen LogP contribution in [0.1, 0.15) is 17.8 Å². The fourth-order valence-corrected chi connectivity index (χ4v) is 4.07. The summed E-state index contributed by atoms with van der Waals surface area (Å²) in [4.78, 5) is 9.39. The van der Waals surface area contributed by atoms with Crippen LogP contribution in [0.15, 0.2) is 18.2 Å². The van der Waals surface area contributed by atoms with Crippen LogP contribution in [0.4, 0.5) is 13.2 Å². The predicted molar refractivity (Wildman–Crippen MR) is 93.8 cm³/mol. The number of halogens is 3. The molecule has 3 heterocycles. The molecule has 1 aromatic heterocycles. The molecule has 5 nitrogen and oxygen atoms in total. The first kappa shape index (κ1) is 17.8. The van der Waals surface area contributed by atoms with Crippen LogP contribution in [-0.2, 0) is 19.8 Å². The van der Waals surface area contributed by atoms with E-state index in [4.69, 9.17) is 0 Å². The lowest BCUT2D eigenvalue weighted by Gasteiger charge is -2.32. The molecule has 2 aromatic rings. The second kappa shape index (κ2) is 6.83. The maximum atomic E-state index is 12.9. The monoisotopic (exact) mass is 367 g/mol. The number of aromatic nitrogens is 2. The van der Waals surface area contributed by atoms with Gasteiger partial charge in [-0.25, -0.2) is 4.98 Å². The van der Waals surface area contributed by atoms with Crippen LogP contribution in [0.25, 0.3) is 11.0 Å². The normalized spacial score (nSPS) is 23.2. The molecule has 2 aliphatic rings. The third-order valence-electron chi connectivity index (χ3n) is 5.58. The molecule has 2 aliphatic heterocycles. The second-order valence-electron chi connectivity index (χ2n) is 7.25. The zero-order valence-corrected chi connectivity index (χ0v) is 14.9. The van der Waals surface area contributed by atoms with Gasteiger partial charge in [-0.15, -0.1) is 0 Å². The molecule has 1 aromatic carbocycles. The highest BCUT2D eigenvalue weighted by molar-refractivity contribution is 5.77. The van der Waals surface area contributed by atoms with Gasteiger partial charge in [0, 0.05) is 52.4 Å². The third-order valence-corrected chi connectivity index (χ3v) is 5.58. The Morgan fingerprint density at radius 3 is 2.69 bits per heavy atom. The van der Waals surface area contributed by atoms with Gasteiger partial charge in [-0.1, -0.05) is 0 Å². The molecule has 0 radical (unpaired) electrons. The Bertz CT molecular complexity index is 779. The van der Waals surface area contributed by atoms with Crippen molar-refractivity contribution in [2.24, 2.45) is 7.05 Å². The van der Waals surface area contributed by atoms with Crippen molar-refractivity contribution in [3.63, 3.8) is 0 Å². The van der Waals surface area contributed by atoms with Gasteiger partial charge in [-0.3, -0.25) is 9.80 Å². The second-order valence-corrected chi connectivity index (χ2v) is 7.25. The number of nitrogens with one attached hydrogen (secondary N) is 1. The number of imidazole rings is 1. The Hall–Kier alpha value is -1.64. The van der Waals surface area contributed by atoms with Crippen LogP contribution >= 0.6 is 0 Å². The lowest BCUT2D eigenvalue weighted by Crippen LogP contribution is -2.49. The summed E-state index contributed by atoms with van der Waals surface area (Å²) in [6, 6.07) is 4.36. The molecule has 142 valence electrons. The maximum Gasteiger partial charge on any atom is 0.416 e. The van der Waals surface area contributed by atoms with E-state index < -0.39 is 11.7 Å². The summed E-state index contributed by atoms with van der Waals surface area (Å²) in [5, 5.41) is 3.38. The lowest BCUT2D eigenvalue weighted by atomic mass is 10.2. The third kappa shape index (κ3) is 3.45. The van der Waals surface area contributed by atoms with E-state index in [2.05, 4.69) is 20.1 Å². The van der Waals surface area contributed by atoms with Crippen molar-refractivity contribution in [2.75, 3.05) is 39.3 Å². The molecule has 1 unspecified atom stereocenters. The highest BCUT2D eigenvalue weighted by atomic mass is 19.4. The van der Waals surface area contributed by atoms with E-state index in [9.17, 15) is 13.2 Å². The smallest absolute Gasteiger partial charge is 0.330 e. The molecule has 2 fully saturated rings. The molecule has 0 amide bonds. The predicted octanol–water partition coefficient (Wildman–Crippen LogP) is 2.07. The van der Waals surface area contributed by atoms with Crippen LogP contribution in [0.5, 0.6) is 0 Å². The van der Waals surface area contributed by atoms with E-state index in [1.54, 1.807) is 0 Å². The maximum absolute atomic E-state index is 12.9. The number of aryl methyl sites for hydroxylation is 1. The van der Waals surface area contributed by atoms with E-state index in [1.165, 1.54) is 6.07 Å². The first-order chi connectivity index (χ1) is 12.4. The SMILES string of the molecule is Cn1c(CN2CCC(N3CCNCC3)C2)nc2cc(C(F)(F)F)ccc21. The Kier molecular flexibility index (Phi) is 4.66. The highest BCUT2D eigenvalue weighted by Crippen LogP contribution is 2.31. The van der Waals surface area contributed by atoms with Crippen LogP contribution in [-0.4, -0.2) is 64.7 Å². The largest absolute Gasteiger partial charge is 0.416 e. The summed E-state index contributed by atoms with van der Waals surface area (Å²) in [7, 11) is 1.88. The van der Waals surface area contributed by atoms with Gasteiger partial charge in [-0.05, 0) is 24.6 Å². The average molecular weight is 367 g/mol. The highest BCUT2D eigenvalue weighted by Gasteiger charge is 2.32. The standard InChI is InChI=1S/C18H24F3N5/c1-24-16-3-2-13(18(19,20)21)10-15(16)23-17(24)12-25-7-4-14(11-25)26-8-5-22-6-9-26/h2-3,10,14,22H,4-9,11-12H2,1H3. The Balaban J connectivity index is 1.48. The topological polar surface area (TPSA) is 36.3 Å². The molecule has 26 heavy (non-hydrogen) atoms. The van der Waals surface area contributed by atoms with Crippen LogP contribution in [0.2, 0.25) is 0 Å². The number of nitrogens with zero attached hydrogens (tertiary/aromatic N) is 4. The molecule has 0 aliphatic carbocycles. The van der Waals surface area contributed by atoms with Gasteiger partial charge in [0.05, 0.1) is 23.1 Å². The van der Waals surface area contributed by atoms with E-state index in [-0.39, 0.29) is 0 Å². The van der Waals surface area contributed by atoms with Crippen molar-refractivity contribution in [1.82, 2.24) is 24.7 Å². The minimum Gasteiger partial charge on any atom is -0.330 e. The molecule has 2 saturated heterocycles. The number of piperazine rings is 1. The van der Waals surface area contributed by atoms with Gasteiger partial charge in [0.2, 0.25) is 0 Å². The average Bonchev–Trinajstić information content (AvgIpc) is 3.20. The molecular weight excluding hydrogens is 343 g/mol. The summed E-state index contributed by atoms with van der Waals surface area (Å²) in [6.07, 6.45) is -3.19. The first-order valence-electron chi connectivity index (χ1n) is 9.11. The van der Waals surface area contributed by atoms with Crippen molar-refractivity contribution in [2.45, 2.75) is 25.2 Å². The Morgan fingerprint density at radius 2 is 1.96 bits per heavy atom. The van der Waals surface area contributed by atoms with Gasteiger partial charge in [0.1, 0.15) is 5.82 Å². The zero-order chi connectivity index (χ0) is 18.3. The van der Waals surface area contributed by atoms with Gasteiger partial charge in [0.15, 0.2) is 0 Å². The van der Waals surface area contributed by atoms with Crippen molar-refractivity contribution < 1.29 is 13.2 Å². The van der Waals surface area contributed by atoms with E-state index >= 15 is 0 Å². The Labute approximate surface area is 150 Å². The van der Waals surface area contributed by atoms with E-state index in [1.807, 2.05) is 11.6 Å². The molecule has 1 N–H and O–H groups in total. The van der Waals surface area contributed by atoms with Crippen molar-refractivity contribution in [3.05, 3.63) is 29.6 Å². The summed E-state index contributed by atoms with van der Waals surface area (Å²) in [5.41, 5.74) is 0.510. The van der Waals surface area contributed by atoms with Crippen molar-refractivity contribution >= 4 is 11.0 Å². The van der Waals surface area contributed by atoms with Gasteiger partial charge < -0.3 is 9.88 Å². The van der Waals surface area contributed by atoms with Gasteiger partial charge >= 0.3 is 6.18 Å². The van der Waals surface area contributed by atoms with Gasteiger partial charge in [0.25, 0.3) is 0 Å². The summed E-state index contributed by atoms with van der Waals surface area (Å²) in [6.45, 7) is 6.94. The number of benzene rings is 1. The number of hydrogen-bond donors (Lipinski definition) is 1. The molecule has 0 bridgehead atoms. The molecule has 0 spiro atoms. The fourth-order valence-electron chi connectivity index (χ4n) is 4.07. The number of alkyl halides is 3. The first-order valence-corrected chi connectivity index (χ1v) is 9.11. The molecule has 4 rings (SSSR count). The summed E-state index contributed by atoms with van der Waals surface area (Å²) >= 11 is 0. The molecule has 1 atom stereocenters.